The standard InChI is InChI=1S/C19H23N5O2/c25-18(17-12-21-6-7-22-17)23-16-3-9-26-19(10-16)4-8-24(14-19)13-15-2-1-5-20-11-15/h1-2,5-7,11-12,16H,3-4,8-10,13-14H2,(H,23,25)/t16-,19-/m1/s1. The van der Waals surface area contributed by atoms with Gasteiger partial charge in [0.15, 0.2) is 0 Å². The Morgan fingerprint density at radius 3 is 3.04 bits per heavy atom. The highest BCUT2D eigenvalue weighted by Crippen LogP contribution is 2.34. The summed E-state index contributed by atoms with van der Waals surface area (Å²) in [7, 11) is 0. The third kappa shape index (κ3) is 3.89. The van der Waals surface area contributed by atoms with E-state index in [-0.39, 0.29) is 17.6 Å². The van der Waals surface area contributed by atoms with Crippen LogP contribution in [0.5, 0.6) is 0 Å². The molecular formula is C19H23N5O2. The first-order valence-corrected chi connectivity index (χ1v) is 9.05. The van der Waals surface area contributed by atoms with E-state index in [1.165, 1.54) is 18.0 Å². The number of pyridine rings is 1. The Morgan fingerprint density at radius 2 is 2.23 bits per heavy atom. The lowest BCUT2D eigenvalue weighted by Gasteiger charge is -2.38. The van der Waals surface area contributed by atoms with Crippen molar-refractivity contribution < 1.29 is 9.53 Å². The molecule has 0 aliphatic carbocycles. The Morgan fingerprint density at radius 1 is 1.31 bits per heavy atom. The number of aromatic nitrogens is 3. The van der Waals surface area contributed by atoms with Crippen molar-refractivity contribution in [3.8, 4) is 0 Å². The molecule has 7 heteroatoms. The van der Waals surface area contributed by atoms with E-state index in [0.29, 0.717) is 12.3 Å². The van der Waals surface area contributed by atoms with Crippen LogP contribution in [-0.4, -0.2) is 57.1 Å². The van der Waals surface area contributed by atoms with Crippen LogP contribution in [0.1, 0.15) is 35.3 Å². The summed E-state index contributed by atoms with van der Waals surface area (Å²) in [5.41, 5.74) is 1.41. The molecule has 0 radical (unpaired) electrons. The quantitative estimate of drug-likeness (QED) is 0.896. The summed E-state index contributed by atoms with van der Waals surface area (Å²) in [6, 6.07) is 4.18. The molecule has 0 aromatic carbocycles. The number of hydrogen-bond acceptors (Lipinski definition) is 6. The molecule has 0 saturated carbocycles. The Kier molecular flexibility index (Phi) is 4.90. The number of rotatable bonds is 4. The number of hydrogen-bond donors (Lipinski definition) is 1. The minimum atomic E-state index is -0.166. The number of amides is 1. The first kappa shape index (κ1) is 17.1. The van der Waals surface area contributed by atoms with E-state index >= 15 is 0 Å². The van der Waals surface area contributed by atoms with Crippen molar-refractivity contribution in [3.63, 3.8) is 0 Å². The number of likely N-dealkylation sites (tertiary alicyclic amines) is 1. The lowest BCUT2D eigenvalue weighted by Crippen LogP contribution is -2.50. The molecule has 136 valence electrons. The van der Waals surface area contributed by atoms with Crippen molar-refractivity contribution >= 4 is 5.91 Å². The van der Waals surface area contributed by atoms with Crippen LogP contribution in [0, 0.1) is 0 Å². The van der Waals surface area contributed by atoms with Gasteiger partial charge in [-0.3, -0.25) is 19.7 Å². The third-order valence-corrected chi connectivity index (χ3v) is 5.15. The van der Waals surface area contributed by atoms with Crippen molar-refractivity contribution in [2.75, 3.05) is 19.7 Å². The van der Waals surface area contributed by atoms with Gasteiger partial charge in [0.25, 0.3) is 5.91 Å². The second kappa shape index (κ2) is 7.47. The maximum atomic E-state index is 12.3. The summed E-state index contributed by atoms with van der Waals surface area (Å²) < 4.78 is 6.18. The molecule has 4 heterocycles. The highest BCUT2D eigenvalue weighted by atomic mass is 16.5. The van der Waals surface area contributed by atoms with E-state index in [9.17, 15) is 4.79 Å². The van der Waals surface area contributed by atoms with Crippen LogP contribution in [0.4, 0.5) is 0 Å². The summed E-state index contributed by atoms with van der Waals surface area (Å²) >= 11 is 0. The van der Waals surface area contributed by atoms with Gasteiger partial charge in [0.05, 0.1) is 11.8 Å². The summed E-state index contributed by atoms with van der Waals surface area (Å²) in [5, 5.41) is 3.10. The molecule has 2 atom stereocenters. The van der Waals surface area contributed by atoms with E-state index in [0.717, 1.165) is 38.9 Å². The van der Waals surface area contributed by atoms with Crippen LogP contribution in [-0.2, 0) is 11.3 Å². The largest absolute Gasteiger partial charge is 0.373 e. The highest BCUT2D eigenvalue weighted by Gasteiger charge is 2.43. The highest BCUT2D eigenvalue weighted by molar-refractivity contribution is 5.92. The van der Waals surface area contributed by atoms with E-state index in [4.69, 9.17) is 4.74 Å². The number of nitrogens with zero attached hydrogens (tertiary/aromatic N) is 4. The molecule has 26 heavy (non-hydrogen) atoms. The monoisotopic (exact) mass is 353 g/mol. The maximum Gasteiger partial charge on any atom is 0.271 e. The average molecular weight is 353 g/mol. The Bertz CT molecular complexity index is 742. The summed E-state index contributed by atoms with van der Waals surface area (Å²) in [6.45, 7) is 3.45. The summed E-state index contributed by atoms with van der Waals surface area (Å²) in [6.07, 6.45) is 11.0. The lowest BCUT2D eigenvalue weighted by molar-refractivity contribution is -0.0793. The molecule has 0 unspecified atom stereocenters. The molecule has 2 aromatic heterocycles. The van der Waals surface area contributed by atoms with Gasteiger partial charge in [-0.2, -0.15) is 0 Å². The number of carbonyl (C=O) groups excluding carboxylic acids is 1. The number of nitrogens with one attached hydrogen (secondary N) is 1. The molecular weight excluding hydrogens is 330 g/mol. The fourth-order valence-corrected chi connectivity index (χ4v) is 3.92. The van der Waals surface area contributed by atoms with Gasteiger partial charge < -0.3 is 10.1 Å². The lowest BCUT2D eigenvalue weighted by atomic mass is 9.89. The zero-order valence-electron chi connectivity index (χ0n) is 14.7. The number of ether oxygens (including phenoxy) is 1. The fourth-order valence-electron chi connectivity index (χ4n) is 3.92. The Labute approximate surface area is 152 Å². The predicted molar refractivity (Wildman–Crippen MR) is 95.3 cm³/mol. The maximum absolute atomic E-state index is 12.3. The molecule has 1 spiro atoms. The van der Waals surface area contributed by atoms with E-state index in [1.54, 1.807) is 12.4 Å². The third-order valence-electron chi connectivity index (χ3n) is 5.15. The molecule has 0 bridgehead atoms. The van der Waals surface area contributed by atoms with Crippen LogP contribution in [0.3, 0.4) is 0 Å². The molecule has 1 amide bonds. The van der Waals surface area contributed by atoms with Gasteiger partial charge in [-0.1, -0.05) is 6.07 Å². The molecule has 2 saturated heterocycles. The van der Waals surface area contributed by atoms with Crippen molar-refractivity contribution in [1.82, 2.24) is 25.2 Å². The first-order chi connectivity index (χ1) is 12.7. The van der Waals surface area contributed by atoms with Crippen LogP contribution in [0.2, 0.25) is 0 Å². The van der Waals surface area contributed by atoms with Crippen LogP contribution >= 0.6 is 0 Å². The topological polar surface area (TPSA) is 80.2 Å². The second-order valence-electron chi connectivity index (χ2n) is 7.11. The van der Waals surface area contributed by atoms with Gasteiger partial charge in [0.1, 0.15) is 5.69 Å². The van der Waals surface area contributed by atoms with Crippen molar-refractivity contribution in [1.29, 1.82) is 0 Å². The summed E-state index contributed by atoms with van der Waals surface area (Å²) in [5.74, 6) is -0.162. The molecule has 2 aliphatic heterocycles. The normalized spacial score (nSPS) is 26.1. The molecule has 7 nitrogen and oxygen atoms in total. The van der Waals surface area contributed by atoms with Gasteiger partial charge in [-0.15, -0.1) is 0 Å². The molecule has 1 N–H and O–H groups in total. The molecule has 2 aromatic rings. The number of carbonyl (C=O) groups is 1. The summed E-state index contributed by atoms with van der Waals surface area (Å²) in [4.78, 5) is 27.0. The first-order valence-electron chi connectivity index (χ1n) is 9.05. The zero-order valence-corrected chi connectivity index (χ0v) is 14.7. The molecule has 4 rings (SSSR count). The zero-order chi connectivity index (χ0) is 17.8. The fraction of sp³-hybridized carbons (Fsp3) is 0.474. The SMILES string of the molecule is O=C(N[C@@H]1CCO[C@]2(CCN(Cc3cccnc3)C2)C1)c1cnccn1. The van der Waals surface area contributed by atoms with Crippen molar-refractivity contribution in [3.05, 3.63) is 54.4 Å². The minimum absolute atomic E-state index is 0.108. The van der Waals surface area contributed by atoms with Gasteiger partial charge in [-0.25, -0.2) is 4.98 Å². The van der Waals surface area contributed by atoms with Gasteiger partial charge >= 0.3 is 0 Å². The smallest absolute Gasteiger partial charge is 0.271 e. The van der Waals surface area contributed by atoms with Crippen LogP contribution in [0.15, 0.2) is 43.1 Å². The van der Waals surface area contributed by atoms with Crippen LogP contribution < -0.4 is 5.32 Å². The Balaban J connectivity index is 1.35. The second-order valence-corrected chi connectivity index (χ2v) is 7.11. The van der Waals surface area contributed by atoms with Crippen molar-refractivity contribution in [2.45, 2.75) is 37.5 Å². The van der Waals surface area contributed by atoms with Gasteiger partial charge in [0.2, 0.25) is 0 Å². The van der Waals surface area contributed by atoms with Crippen LogP contribution in [0.25, 0.3) is 0 Å². The molecule has 2 fully saturated rings. The minimum Gasteiger partial charge on any atom is -0.373 e. The van der Waals surface area contributed by atoms with Gasteiger partial charge in [-0.05, 0) is 30.9 Å². The van der Waals surface area contributed by atoms with E-state index in [2.05, 4.69) is 31.2 Å². The van der Waals surface area contributed by atoms with E-state index in [1.807, 2.05) is 12.3 Å². The van der Waals surface area contributed by atoms with Gasteiger partial charge in [0, 0.05) is 57.1 Å². The average Bonchev–Trinajstić information content (AvgIpc) is 3.05. The Hall–Kier alpha value is -2.38. The predicted octanol–water partition coefficient (Wildman–Crippen LogP) is 1.43. The molecule has 2 aliphatic rings. The van der Waals surface area contributed by atoms with Crippen molar-refractivity contribution in [2.24, 2.45) is 0 Å². The van der Waals surface area contributed by atoms with E-state index < -0.39 is 0 Å².